The maximum atomic E-state index is 13.0. The zero-order valence-corrected chi connectivity index (χ0v) is 16.5. The molecule has 0 aliphatic heterocycles. The molecule has 0 saturated heterocycles. The molecule has 3 aromatic heterocycles. The fourth-order valence-corrected chi connectivity index (χ4v) is 3.08. The van der Waals surface area contributed by atoms with Crippen LogP contribution in [0.1, 0.15) is 17.0 Å². The predicted octanol–water partition coefficient (Wildman–Crippen LogP) is 4.02. The normalized spacial score (nSPS) is 11.0. The predicted molar refractivity (Wildman–Crippen MR) is 113 cm³/mol. The van der Waals surface area contributed by atoms with Crippen LogP contribution in [-0.2, 0) is 0 Å². The molecule has 0 fully saturated rings. The zero-order chi connectivity index (χ0) is 21.1. The van der Waals surface area contributed by atoms with E-state index in [0.29, 0.717) is 34.3 Å². The SMILES string of the molecule is NCCCNc1cnc2nc(-c3cc(NC(=O)c4ccc(F)o4)ccc3Cl)[nH]c2c1. The van der Waals surface area contributed by atoms with Gasteiger partial charge in [0.1, 0.15) is 5.82 Å². The van der Waals surface area contributed by atoms with Crippen LogP contribution >= 0.6 is 11.6 Å². The first-order chi connectivity index (χ1) is 14.5. The van der Waals surface area contributed by atoms with Gasteiger partial charge in [0.25, 0.3) is 11.9 Å². The second-order valence-electron chi connectivity index (χ2n) is 6.50. The van der Waals surface area contributed by atoms with Crippen LogP contribution in [0.15, 0.2) is 47.0 Å². The smallest absolute Gasteiger partial charge is 0.291 e. The van der Waals surface area contributed by atoms with E-state index in [-0.39, 0.29) is 5.76 Å². The van der Waals surface area contributed by atoms with E-state index in [1.807, 2.05) is 6.07 Å². The lowest BCUT2D eigenvalue weighted by molar-refractivity contribution is 0.0988. The molecule has 8 nitrogen and oxygen atoms in total. The van der Waals surface area contributed by atoms with Crippen molar-refractivity contribution in [2.24, 2.45) is 5.73 Å². The molecule has 0 unspecified atom stereocenters. The molecule has 0 aliphatic rings. The number of pyridine rings is 1. The lowest BCUT2D eigenvalue weighted by Gasteiger charge is -2.07. The Morgan fingerprint density at radius 1 is 1.23 bits per heavy atom. The first kappa shape index (κ1) is 19.9. The second kappa shape index (κ2) is 8.52. The Morgan fingerprint density at radius 2 is 2.10 bits per heavy atom. The van der Waals surface area contributed by atoms with Gasteiger partial charge >= 0.3 is 0 Å². The van der Waals surface area contributed by atoms with Crippen molar-refractivity contribution in [1.29, 1.82) is 0 Å². The summed E-state index contributed by atoms with van der Waals surface area (Å²) in [7, 11) is 0. The minimum Gasteiger partial charge on any atom is -0.426 e. The number of furan rings is 1. The minimum atomic E-state index is -0.830. The van der Waals surface area contributed by atoms with Crippen molar-refractivity contribution in [2.45, 2.75) is 6.42 Å². The Labute approximate surface area is 175 Å². The van der Waals surface area contributed by atoms with Crippen LogP contribution in [0.5, 0.6) is 0 Å². The number of rotatable bonds is 7. The van der Waals surface area contributed by atoms with Gasteiger partial charge in [0.05, 0.1) is 22.4 Å². The molecule has 0 spiro atoms. The van der Waals surface area contributed by atoms with E-state index in [4.69, 9.17) is 21.8 Å². The summed E-state index contributed by atoms with van der Waals surface area (Å²) in [6.07, 6.45) is 2.55. The number of aromatic nitrogens is 3. The number of hydrogen-bond donors (Lipinski definition) is 4. The Morgan fingerprint density at radius 3 is 2.87 bits per heavy atom. The number of nitrogens with zero attached hydrogens (tertiary/aromatic N) is 2. The number of halogens is 2. The molecule has 4 rings (SSSR count). The maximum Gasteiger partial charge on any atom is 0.291 e. The topological polar surface area (TPSA) is 122 Å². The first-order valence-corrected chi connectivity index (χ1v) is 9.57. The van der Waals surface area contributed by atoms with Gasteiger partial charge in [-0.1, -0.05) is 11.6 Å². The summed E-state index contributed by atoms with van der Waals surface area (Å²) < 4.78 is 17.7. The number of imidazole rings is 1. The quantitative estimate of drug-likeness (QED) is 0.330. The van der Waals surface area contributed by atoms with Gasteiger partial charge in [-0.15, -0.1) is 0 Å². The van der Waals surface area contributed by atoms with Crippen LogP contribution in [0.2, 0.25) is 5.02 Å². The van der Waals surface area contributed by atoms with E-state index in [1.165, 1.54) is 6.07 Å². The van der Waals surface area contributed by atoms with Gasteiger partial charge in [-0.05, 0) is 43.3 Å². The lowest BCUT2D eigenvalue weighted by Crippen LogP contribution is -2.10. The van der Waals surface area contributed by atoms with Gasteiger partial charge in [0, 0.05) is 23.9 Å². The molecule has 0 saturated carbocycles. The van der Waals surface area contributed by atoms with Gasteiger partial charge in [0.15, 0.2) is 11.4 Å². The minimum absolute atomic E-state index is 0.133. The third-order valence-corrected chi connectivity index (χ3v) is 4.65. The van der Waals surface area contributed by atoms with Gasteiger partial charge in [0.2, 0.25) is 0 Å². The highest BCUT2D eigenvalue weighted by Gasteiger charge is 2.15. The summed E-state index contributed by atoms with van der Waals surface area (Å²) in [5.74, 6) is -0.208. The van der Waals surface area contributed by atoms with E-state index in [0.717, 1.165) is 30.2 Å². The number of fused-ring (bicyclic) bond motifs is 1. The van der Waals surface area contributed by atoms with E-state index in [1.54, 1.807) is 24.4 Å². The molecule has 0 radical (unpaired) electrons. The van der Waals surface area contributed by atoms with Gasteiger partial charge in [-0.25, -0.2) is 9.97 Å². The van der Waals surface area contributed by atoms with E-state index in [2.05, 4.69) is 25.6 Å². The summed E-state index contributed by atoms with van der Waals surface area (Å²) in [5.41, 5.74) is 8.66. The van der Waals surface area contributed by atoms with Gasteiger partial charge in [-0.3, -0.25) is 4.79 Å². The summed E-state index contributed by atoms with van der Waals surface area (Å²) in [4.78, 5) is 24.2. The summed E-state index contributed by atoms with van der Waals surface area (Å²) in [6.45, 7) is 1.36. The average Bonchev–Trinajstić information content (AvgIpc) is 3.35. The molecule has 5 N–H and O–H groups in total. The largest absolute Gasteiger partial charge is 0.426 e. The van der Waals surface area contributed by atoms with Crippen LogP contribution in [0.25, 0.3) is 22.6 Å². The van der Waals surface area contributed by atoms with Crippen LogP contribution in [0, 0.1) is 6.01 Å². The van der Waals surface area contributed by atoms with Crippen molar-refractivity contribution in [1.82, 2.24) is 15.0 Å². The fourth-order valence-electron chi connectivity index (χ4n) is 2.87. The Bertz CT molecular complexity index is 1210. The molecule has 4 aromatic rings. The van der Waals surface area contributed by atoms with Crippen LogP contribution in [-0.4, -0.2) is 33.9 Å². The summed E-state index contributed by atoms with van der Waals surface area (Å²) in [6, 6.07) is 8.33. The zero-order valence-electron chi connectivity index (χ0n) is 15.7. The van der Waals surface area contributed by atoms with Crippen molar-refractivity contribution in [3.05, 3.63) is 59.4 Å². The molecule has 1 amide bonds. The van der Waals surface area contributed by atoms with Crippen molar-refractivity contribution >= 4 is 40.0 Å². The van der Waals surface area contributed by atoms with Crippen LogP contribution in [0.3, 0.4) is 0 Å². The van der Waals surface area contributed by atoms with Crippen molar-refractivity contribution < 1.29 is 13.6 Å². The summed E-state index contributed by atoms with van der Waals surface area (Å²) >= 11 is 6.35. The first-order valence-electron chi connectivity index (χ1n) is 9.20. The Balaban J connectivity index is 1.59. The number of H-pyrrole nitrogens is 1. The molecular weight excluding hydrogens is 411 g/mol. The third kappa shape index (κ3) is 4.27. The highest BCUT2D eigenvalue weighted by molar-refractivity contribution is 6.33. The molecule has 1 aromatic carbocycles. The summed E-state index contributed by atoms with van der Waals surface area (Å²) in [5, 5.41) is 6.33. The number of carbonyl (C=O) groups excluding carboxylic acids is 1. The van der Waals surface area contributed by atoms with E-state index < -0.39 is 11.9 Å². The van der Waals surface area contributed by atoms with Crippen LogP contribution in [0.4, 0.5) is 15.8 Å². The second-order valence-corrected chi connectivity index (χ2v) is 6.91. The van der Waals surface area contributed by atoms with Gasteiger partial charge < -0.3 is 25.8 Å². The Hall–Kier alpha value is -3.43. The molecule has 0 bridgehead atoms. The Kier molecular flexibility index (Phi) is 5.64. The number of aromatic amines is 1. The van der Waals surface area contributed by atoms with E-state index >= 15 is 0 Å². The third-order valence-electron chi connectivity index (χ3n) is 4.32. The molecule has 0 aliphatic carbocycles. The number of hydrogen-bond acceptors (Lipinski definition) is 6. The molecule has 0 atom stereocenters. The number of benzene rings is 1. The number of nitrogens with one attached hydrogen (secondary N) is 3. The van der Waals surface area contributed by atoms with Gasteiger partial charge in [-0.2, -0.15) is 4.39 Å². The number of anilines is 2. The average molecular weight is 429 g/mol. The highest BCUT2D eigenvalue weighted by atomic mass is 35.5. The van der Waals surface area contributed by atoms with Crippen molar-refractivity contribution in [2.75, 3.05) is 23.7 Å². The standard InChI is InChI=1S/C20H18ClFN6O2/c21-14-3-2-11(26-20(29)16-4-5-17(22)30-16)8-13(14)18-27-15-9-12(24-7-1-6-23)10-25-19(15)28-18/h2-5,8-10,24H,1,6-7,23H2,(H,26,29)(H,25,27,28). The van der Waals surface area contributed by atoms with E-state index in [9.17, 15) is 9.18 Å². The molecule has 154 valence electrons. The van der Waals surface area contributed by atoms with Crippen LogP contribution < -0.4 is 16.4 Å². The molecular formula is C20H18ClFN6O2. The van der Waals surface area contributed by atoms with Crippen molar-refractivity contribution in [3.63, 3.8) is 0 Å². The lowest BCUT2D eigenvalue weighted by atomic mass is 10.2. The monoisotopic (exact) mass is 428 g/mol. The highest BCUT2D eigenvalue weighted by Crippen LogP contribution is 2.30. The number of amides is 1. The number of nitrogens with two attached hydrogens (primary N) is 1. The number of carbonyl (C=O) groups is 1. The molecule has 3 heterocycles. The molecule has 30 heavy (non-hydrogen) atoms. The fraction of sp³-hybridized carbons (Fsp3) is 0.150. The maximum absolute atomic E-state index is 13.0. The van der Waals surface area contributed by atoms with Crippen molar-refractivity contribution in [3.8, 4) is 11.4 Å². The molecule has 10 heteroatoms.